The molecule has 0 saturated heterocycles. The van der Waals surface area contributed by atoms with E-state index >= 15 is 0 Å². The standard InChI is InChI=1S/C9H8BrNO3/c1-11-8(12)6-4-5(10)2-3-7(6)14-9(11)13/h2-4,8,12H,1H3/t8-/m0/s1. The van der Waals surface area contributed by atoms with E-state index in [1.807, 2.05) is 0 Å². The van der Waals surface area contributed by atoms with Crippen molar-refractivity contribution in [2.75, 3.05) is 7.05 Å². The van der Waals surface area contributed by atoms with Crippen LogP contribution in [0, 0.1) is 0 Å². The molecule has 1 amide bonds. The van der Waals surface area contributed by atoms with E-state index in [4.69, 9.17) is 4.74 Å². The van der Waals surface area contributed by atoms with E-state index < -0.39 is 12.3 Å². The molecule has 4 nitrogen and oxygen atoms in total. The third-order valence-corrected chi connectivity index (χ3v) is 2.60. The topological polar surface area (TPSA) is 49.8 Å². The van der Waals surface area contributed by atoms with Gasteiger partial charge in [-0.05, 0) is 18.2 Å². The molecule has 0 unspecified atom stereocenters. The zero-order chi connectivity index (χ0) is 10.3. The SMILES string of the molecule is CN1C(=O)Oc2ccc(Br)cc2[C@@H]1O. The maximum atomic E-state index is 11.2. The second-order valence-corrected chi connectivity index (χ2v) is 3.95. The minimum absolute atomic E-state index is 0.406. The van der Waals surface area contributed by atoms with Crippen LogP contribution in [0.1, 0.15) is 11.8 Å². The number of aliphatic hydroxyl groups excluding tert-OH is 1. The number of rotatable bonds is 0. The molecule has 1 N–H and O–H groups in total. The van der Waals surface area contributed by atoms with Gasteiger partial charge in [0.1, 0.15) is 5.75 Å². The minimum atomic E-state index is -0.941. The highest BCUT2D eigenvalue weighted by molar-refractivity contribution is 9.10. The molecule has 1 aromatic carbocycles. The van der Waals surface area contributed by atoms with Gasteiger partial charge in [0.05, 0.1) is 0 Å². The van der Waals surface area contributed by atoms with E-state index in [2.05, 4.69) is 15.9 Å². The van der Waals surface area contributed by atoms with Gasteiger partial charge in [0.2, 0.25) is 0 Å². The minimum Gasteiger partial charge on any atom is -0.410 e. The predicted octanol–water partition coefficient (Wildman–Crippen LogP) is 1.88. The number of ether oxygens (including phenoxy) is 1. The fourth-order valence-corrected chi connectivity index (χ4v) is 1.67. The zero-order valence-electron chi connectivity index (χ0n) is 7.40. The average Bonchev–Trinajstić information content (AvgIpc) is 2.16. The molecule has 0 spiro atoms. The fourth-order valence-electron chi connectivity index (χ4n) is 1.29. The molecule has 1 aliphatic rings. The quantitative estimate of drug-likeness (QED) is 0.773. The van der Waals surface area contributed by atoms with Gasteiger partial charge in [-0.3, -0.25) is 4.90 Å². The Morgan fingerprint density at radius 3 is 3.00 bits per heavy atom. The normalized spacial score (nSPS) is 20.4. The molecule has 0 radical (unpaired) electrons. The third kappa shape index (κ3) is 1.38. The fraction of sp³-hybridized carbons (Fsp3) is 0.222. The number of hydrogen-bond donors (Lipinski definition) is 1. The number of amides is 1. The van der Waals surface area contributed by atoms with Crippen LogP contribution in [0.2, 0.25) is 0 Å². The number of halogens is 1. The van der Waals surface area contributed by atoms with Crippen molar-refractivity contribution in [2.24, 2.45) is 0 Å². The van der Waals surface area contributed by atoms with Gasteiger partial charge in [0, 0.05) is 17.1 Å². The number of hydrogen-bond acceptors (Lipinski definition) is 3. The second-order valence-electron chi connectivity index (χ2n) is 3.03. The number of aliphatic hydroxyl groups is 1. The molecule has 1 aromatic rings. The van der Waals surface area contributed by atoms with E-state index in [1.165, 1.54) is 7.05 Å². The van der Waals surface area contributed by atoms with Gasteiger partial charge in [-0.25, -0.2) is 4.79 Å². The van der Waals surface area contributed by atoms with Crippen molar-refractivity contribution >= 4 is 22.0 Å². The molecule has 0 aromatic heterocycles. The van der Waals surface area contributed by atoms with Crippen LogP contribution < -0.4 is 4.74 Å². The van der Waals surface area contributed by atoms with Crippen molar-refractivity contribution in [3.05, 3.63) is 28.2 Å². The highest BCUT2D eigenvalue weighted by Gasteiger charge is 2.29. The van der Waals surface area contributed by atoms with E-state index in [-0.39, 0.29) is 0 Å². The van der Waals surface area contributed by atoms with Gasteiger partial charge in [-0.1, -0.05) is 15.9 Å². The Morgan fingerprint density at radius 1 is 1.57 bits per heavy atom. The Morgan fingerprint density at radius 2 is 2.29 bits per heavy atom. The van der Waals surface area contributed by atoms with Crippen LogP contribution in [0.15, 0.2) is 22.7 Å². The lowest BCUT2D eigenvalue weighted by atomic mass is 10.1. The van der Waals surface area contributed by atoms with Crippen LogP contribution in [0.5, 0.6) is 5.75 Å². The number of fused-ring (bicyclic) bond motifs is 1. The summed E-state index contributed by atoms with van der Waals surface area (Å²) in [5.74, 6) is 0.406. The molecule has 2 rings (SSSR count). The summed E-state index contributed by atoms with van der Waals surface area (Å²) in [6.45, 7) is 0. The summed E-state index contributed by atoms with van der Waals surface area (Å²) in [5.41, 5.74) is 0.585. The maximum Gasteiger partial charge on any atom is 0.417 e. The van der Waals surface area contributed by atoms with Crippen LogP contribution in [0.4, 0.5) is 4.79 Å². The van der Waals surface area contributed by atoms with Gasteiger partial charge >= 0.3 is 6.09 Å². The first-order valence-electron chi connectivity index (χ1n) is 4.02. The molecular formula is C9H8BrNO3. The van der Waals surface area contributed by atoms with Gasteiger partial charge in [0.25, 0.3) is 0 Å². The summed E-state index contributed by atoms with van der Waals surface area (Å²) in [6.07, 6.45) is -1.49. The number of carbonyl (C=O) groups is 1. The Hall–Kier alpha value is -1.07. The molecule has 74 valence electrons. The van der Waals surface area contributed by atoms with Crippen molar-refractivity contribution in [1.82, 2.24) is 4.90 Å². The molecule has 0 aliphatic carbocycles. The smallest absolute Gasteiger partial charge is 0.410 e. The Labute approximate surface area is 89.2 Å². The van der Waals surface area contributed by atoms with Crippen molar-refractivity contribution in [2.45, 2.75) is 6.23 Å². The van der Waals surface area contributed by atoms with Gasteiger partial charge in [-0.15, -0.1) is 0 Å². The molecule has 1 heterocycles. The number of nitrogens with zero attached hydrogens (tertiary/aromatic N) is 1. The Balaban J connectivity index is 2.51. The van der Waals surface area contributed by atoms with Crippen LogP contribution in [0.25, 0.3) is 0 Å². The molecule has 14 heavy (non-hydrogen) atoms. The monoisotopic (exact) mass is 257 g/mol. The summed E-state index contributed by atoms with van der Waals surface area (Å²) < 4.78 is 5.81. The molecular weight excluding hydrogens is 250 g/mol. The predicted molar refractivity (Wildman–Crippen MR) is 52.9 cm³/mol. The Kier molecular flexibility index (Phi) is 2.20. The lowest BCUT2D eigenvalue weighted by Gasteiger charge is -2.29. The molecule has 0 fully saturated rings. The first-order chi connectivity index (χ1) is 6.59. The number of carbonyl (C=O) groups excluding carboxylic acids is 1. The van der Waals surface area contributed by atoms with Crippen LogP contribution >= 0.6 is 15.9 Å². The van der Waals surface area contributed by atoms with Crippen LogP contribution in [0.3, 0.4) is 0 Å². The van der Waals surface area contributed by atoms with Gasteiger partial charge < -0.3 is 9.84 Å². The van der Waals surface area contributed by atoms with E-state index in [0.29, 0.717) is 11.3 Å². The third-order valence-electron chi connectivity index (χ3n) is 2.10. The zero-order valence-corrected chi connectivity index (χ0v) is 8.98. The van der Waals surface area contributed by atoms with Gasteiger partial charge in [0.15, 0.2) is 6.23 Å². The van der Waals surface area contributed by atoms with Crippen molar-refractivity contribution < 1.29 is 14.6 Å². The summed E-state index contributed by atoms with van der Waals surface area (Å²) in [7, 11) is 1.48. The second kappa shape index (κ2) is 3.25. The molecule has 0 bridgehead atoms. The van der Waals surface area contributed by atoms with E-state index in [1.54, 1.807) is 18.2 Å². The van der Waals surface area contributed by atoms with Crippen LogP contribution in [-0.2, 0) is 0 Å². The molecule has 1 aliphatic heterocycles. The lowest BCUT2D eigenvalue weighted by molar-refractivity contribution is 0.0147. The average molecular weight is 258 g/mol. The summed E-state index contributed by atoms with van der Waals surface area (Å²) in [4.78, 5) is 12.3. The van der Waals surface area contributed by atoms with Crippen molar-refractivity contribution in [3.63, 3.8) is 0 Å². The van der Waals surface area contributed by atoms with Crippen molar-refractivity contribution in [1.29, 1.82) is 0 Å². The first kappa shape index (κ1) is 9.48. The highest BCUT2D eigenvalue weighted by atomic mass is 79.9. The largest absolute Gasteiger partial charge is 0.417 e. The van der Waals surface area contributed by atoms with Crippen molar-refractivity contribution in [3.8, 4) is 5.75 Å². The summed E-state index contributed by atoms with van der Waals surface area (Å²) in [6, 6.07) is 5.13. The summed E-state index contributed by atoms with van der Waals surface area (Å²) >= 11 is 3.28. The lowest BCUT2D eigenvalue weighted by Crippen LogP contribution is -2.37. The maximum absolute atomic E-state index is 11.2. The number of benzene rings is 1. The van der Waals surface area contributed by atoms with E-state index in [0.717, 1.165) is 9.37 Å². The van der Waals surface area contributed by atoms with E-state index in [9.17, 15) is 9.90 Å². The Bertz CT molecular complexity index is 394. The highest BCUT2D eigenvalue weighted by Crippen LogP contribution is 2.34. The first-order valence-corrected chi connectivity index (χ1v) is 4.81. The molecule has 5 heteroatoms. The molecule has 0 saturated carbocycles. The van der Waals surface area contributed by atoms with Crippen LogP contribution in [-0.4, -0.2) is 23.1 Å². The molecule has 1 atom stereocenters. The van der Waals surface area contributed by atoms with Gasteiger partial charge in [-0.2, -0.15) is 0 Å². The summed E-state index contributed by atoms with van der Waals surface area (Å²) in [5, 5.41) is 9.73.